The Bertz CT molecular complexity index is 1120. The maximum absolute atomic E-state index is 12.9. The molecule has 3 atom stereocenters. The minimum Gasteiger partial charge on any atom is -0.481 e. The van der Waals surface area contributed by atoms with Crippen LogP contribution in [0.1, 0.15) is 40.5 Å². The number of rotatable bonds is 3. The second-order valence-corrected chi connectivity index (χ2v) is 8.04. The van der Waals surface area contributed by atoms with E-state index in [1.165, 1.54) is 30.3 Å². The van der Waals surface area contributed by atoms with Crippen LogP contribution in [0.15, 0.2) is 48.5 Å². The lowest BCUT2D eigenvalue weighted by atomic mass is 9.85. The molecule has 0 aliphatic carbocycles. The van der Waals surface area contributed by atoms with Crippen molar-refractivity contribution in [3.63, 3.8) is 0 Å². The number of carboxylic acids is 1. The van der Waals surface area contributed by atoms with Crippen LogP contribution >= 0.6 is 0 Å². The monoisotopic (exact) mass is 502 g/mol. The molecular weight excluding hydrogens is 482 g/mol. The first kappa shape index (κ1) is 26.0. The molecule has 35 heavy (non-hydrogen) atoms. The molecule has 0 bridgehead atoms. The predicted octanol–water partition coefficient (Wildman–Crippen LogP) is 3.93. The van der Waals surface area contributed by atoms with E-state index in [9.17, 15) is 40.7 Å². The molecule has 12 heteroatoms. The number of alkyl halides is 6. The molecule has 2 heterocycles. The second kappa shape index (κ2) is 9.96. The van der Waals surface area contributed by atoms with E-state index in [2.05, 4.69) is 10.6 Å². The van der Waals surface area contributed by atoms with Crippen molar-refractivity contribution < 1.29 is 45.8 Å². The van der Waals surface area contributed by atoms with Crippen LogP contribution in [0, 0.1) is 5.92 Å². The van der Waals surface area contributed by atoms with Gasteiger partial charge >= 0.3 is 18.3 Å². The third-order valence-corrected chi connectivity index (χ3v) is 5.80. The van der Waals surface area contributed by atoms with Crippen molar-refractivity contribution in [2.24, 2.45) is 5.92 Å². The van der Waals surface area contributed by atoms with Gasteiger partial charge in [-0.3, -0.25) is 14.4 Å². The van der Waals surface area contributed by atoms with E-state index in [0.29, 0.717) is 0 Å². The smallest absolute Gasteiger partial charge is 0.416 e. The van der Waals surface area contributed by atoms with Crippen LogP contribution in [0.5, 0.6) is 0 Å². The molecule has 0 aromatic heterocycles. The van der Waals surface area contributed by atoms with Crippen LogP contribution in [0.4, 0.5) is 26.3 Å². The van der Waals surface area contributed by atoms with Crippen molar-refractivity contribution in [2.45, 2.75) is 30.6 Å². The van der Waals surface area contributed by atoms with E-state index < -0.39 is 47.2 Å². The Labute approximate surface area is 195 Å². The van der Waals surface area contributed by atoms with Gasteiger partial charge in [0.1, 0.15) is 5.92 Å². The average molecular weight is 502 g/mol. The minimum atomic E-state index is -4.58. The maximum Gasteiger partial charge on any atom is 0.416 e. The molecule has 0 spiro atoms. The molecule has 2 aromatic rings. The van der Waals surface area contributed by atoms with Crippen molar-refractivity contribution in [3.8, 4) is 0 Å². The van der Waals surface area contributed by atoms with Crippen molar-refractivity contribution in [3.05, 3.63) is 70.8 Å². The first-order valence-electron chi connectivity index (χ1n) is 10.4. The van der Waals surface area contributed by atoms with E-state index >= 15 is 0 Å². The zero-order valence-electron chi connectivity index (χ0n) is 17.9. The van der Waals surface area contributed by atoms with Crippen LogP contribution < -0.4 is 10.6 Å². The van der Waals surface area contributed by atoms with Gasteiger partial charge in [-0.25, -0.2) is 0 Å². The van der Waals surface area contributed by atoms with Gasteiger partial charge < -0.3 is 15.7 Å². The van der Waals surface area contributed by atoms with Crippen molar-refractivity contribution in [2.75, 3.05) is 13.1 Å². The van der Waals surface area contributed by atoms with E-state index in [1.807, 2.05) is 0 Å². The van der Waals surface area contributed by atoms with Gasteiger partial charge in [-0.05, 0) is 23.3 Å². The molecule has 0 saturated carbocycles. The van der Waals surface area contributed by atoms with E-state index in [4.69, 9.17) is 5.11 Å². The number of halogens is 6. The van der Waals surface area contributed by atoms with Crippen molar-refractivity contribution in [1.82, 2.24) is 10.6 Å². The number of aliphatic carboxylic acids is 1. The standard InChI is InChI=1S/C12H10F3NO3.C11H10F3NO/c13-12(14,15)8-4-2-1-3-6(8)7-5-16-10(17)9(7)11(18)19;12-11(13,14)9-4-2-1-3-8(9)7-5-10(16)15-6-7/h1-4,7,9H,5H2,(H,16,17)(H,18,19);1-4,7H,5-6H2,(H,15,16)/t7?,9-;7-/m01/s1. The van der Waals surface area contributed by atoms with E-state index in [1.54, 1.807) is 6.07 Å². The zero-order chi connectivity index (χ0) is 26.0. The van der Waals surface area contributed by atoms with Gasteiger partial charge in [0.2, 0.25) is 11.8 Å². The Morgan fingerprint density at radius 2 is 1.31 bits per heavy atom. The summed E-state index contributed by atoms with van der Waals surface area (Å²) in [6, 6.07) is 10.1. The van der Waals surface area contributed by atoms with E-state index in [0.717, 1.165) is 12.1 Å². The van der Waals surface area contributed by atoms with Crippen molar-refractivity contribution in [1.29, 1.82) is 0 Å². The molecule has 2 amide bonds. The zero-order valence-corrected chi connectivity index (χ0v) is 17.9. The Morgan fingerprint density at radius 3 is 1.80 bits per heavy atom. The summed E-state index contributed by atoms with van der Waals surface area (Å²) < 4.78 is 76.7. The lowest BCUT2D eigenvalue weighted by Gasteiger charge is -2.19. The van der Waals surface area contributed by atoms with Crippen LogP contribution in [0.3, 0.4) is 0 Å². The van der Waals surface area contributed by atoms with Gasteiger partial charge in [-0.1, -0.05) is 36.4 Å². The summed E-state index contributed by atoms with van der Waals surface area (Å²) in [7, 11) is 0. The van der Waals surface area contributed by atoms with E-state index in [-0.39, 0.29) is 42.5 Å². The highest BCUT2D eigenvalue weighted by atomic mass is 19.4. The Balaban J connectivity index is 0.000000198. The fourth-order valence-corrected chi connectivity index (χ4v) is 4.21. The van der Waals surface area contributed by atoms with Crippen LogP contribution in [-0.2, 0) is 26.7 Å². The highest BCUT2D eigenvalue weighted by molar-refractivity contribution is 6.00. The molecule has 4 rings (SSSR count). The van der Waals surface area contributed by atoms with Gasteiger partial charge in [-0.15, -0.1) is 0 Å². The number of amides is 2. The Morgan fingerprint density at radius 1 is 0.800 bits per heavy atom. The van der Waals surface area contributed by atoms with Crippen LogP contribution in [0.2, 0.25) is 0 Å². The number of hydrogen-bond donors (Lipinski definition) is 3. The molecule has 2 aliphatic rings. The summed E-state index contributed by atoms with van der Waals surface area (Å²) >= 11 is 0. The van der Waals surface area contributed by atoms with Gasteiger partial charge in [0, 0.05) is 31.3 Å². The minimum absolute atomic E-state index is 0.108. The maximum atomic E-state index is 12.9. The lowest BCUT2D eigenvalue weighted by molar-refractivity contribution is -0.147. The quantitative estimate of drug-likeness (QED) is 0.438. The van der Waals surface area contributed by atoms with Gasteiger partial charge in [-0.2, -0.15) is 26.3 Å². The van der Waals surface area contributed by atoms with Crippen molar-refractivity contribution >= 4 is 17.8 Å². The Kier molecular flexibility index (Phi) is 7.41. The summed E-state index contributed by atoms with van der Waals surface area (Å²) in [5, 5.41) is 13.8. The molecule has 0 radical (unpaired) electrons. The average Bonchev–Trinajstić information content (AvgIpc) is 3.38. The molecule has 6 nitrogen and oxygen atoms in total. The highest BCUT2D eigenvalue weighted by Crippen LogP contribution is 2.39. The molecule has 3 N–H and O–H groups in total. The number of benzene rings is 2. The number of hydrogen-bond acceptors (Lipinski definition) is 3. The molecular formula is C23H20F6N2O4. The molecule has 2 aromatic carbocycles. The fraction of sp³-hybridized carbons (Fsp3) is 0.348. The number of nitrogens with one attached hydrogen (secondary N) is 2. The van der Waals surface area contributed by atoms with Crippen LogP contribution in [-0.4, -0.2) is 36.0 Å². The lowest BCUT2D eigenvalue weighted by Crippen LogP contribution is -2.27. The summed E-state index contributed by atoms with van der Waals surface area (Å²) in [6.45, 7) is 0.175. The second-order valence-electron chi connectivity index (χ2n) is 8.04. The predicted molar refractivity (Wildman–Crippen MR) is 110 cm³/mol. The summed E-state index contributed by atoms with van der Waals surface area (Å²) in [4.78, 5) is 33.4. The topological polar surface area (TPSA) is 95.5 Å². The summed E-state index contributed by atoms with van der Waals surface area (Å²) in [5.41, 5.74) is -1.51. The normalized spacial score (nSPS) is 22.2. The third-order valence-electron chi connectivity index (χ3n) is 5.80. The third kappa shape index (κ3) is 5.92. The molecule has 2 aliphatic heterocycles. The fourth-order valence-electron chi connectivity index (χ4n) is 4.21. The molecule has 188 valence electrons. The number of carbonyl (C=O) groups is 3. The molecule has 1 unspecified atom stereocenters. The molecule has 2 saturated heterocycles. The molecule has 2 fully saturated rings. The van der Waals surface area contributed by atoms with Gasteiger partial charge in [0.05, 0.1) is 11.1 Å². The first-order chi connectivity index (χ1) is 16.3. The van der Waals surface area contributed by atoms with Crippen LogP contribution in [0.25, 0.3) is 0 Å². The largest absolute Gasteiger partial charge is 0.481 e. The first-order valence-corrected chi connectivity index (χ1v) is 10.4. The van der Waals surface area contributed by atoms with Gasteiger partial charge in [0.25, 0.3) is 0 Å². The SMILES string of the molecule is O=C(O)[C@@H]1C(=O)NCC1c1ccccc1C(F)(F)F.O=C1C[C@@H](c2ccccc2C(F)(F)F)CN1. The number of carboxylic acid groups (broad SMARTS) is 1. The highest BCUT2D eigenvalue weighted by Gasteiger charge is 2.45. The summed E-state index contributed by atoms with van der Waals surface area (Å²) in [6.07, 6.45) is -8.80. The van der Waals surface area contributed by atoms with Gasteiger partial charge in [0.15, 0.2) is 0 Å². The summed E-state index contributed by atoms with van der Waals surface area (Å²) in [5.74, 6) is -5.23. The Hall–Kier alpha value is -3.57. The number of carbonyl (C=O) groups excluding carboxylic acids is 2.